The molecular formula is C19H40O9. The van der Waals surface area contributed by atoms with Gasteiger partial charge in [-0.3, -0.25) is 14.4 Å². The van der Waals surface area contributed by atoms with Gasteiger partial charge in [0.05, 0.1) is 19.8 Å². The molecule has 0 aromatic heterocycles. The van der Waals surface area contributed by atoms with E-state index in [1.54, 1.807) is 0 Å². The molecule has 0 aliphatic heterocycles. The lowest BCUT2D eigenvalue weighted by Gasteiger charge is -2.02. The average Bonchev–Trinajstić information content (AvgIpc) is 2.65. The number of rotatable bonds is 12. The molecule has 0 aliphatic rings. The van der Waals surface area contributed by atoms with Gasteiger partial charge in [-0.1, -0.05) is 40.0 Å². The number of hydrogen-bond acceptors (Lipinski definition) is 6. The smallest absolute Gasteiger partial charge is 0.303 e. The number of aliphatic carboxylic acids is 3. The highest BCUT2D eigenvalue weighted by Crippen LogP contribution is 1.92. The largest absolute Gasteiger partial charge is 0.481 e. The van der Waals surface area contributed by atoms with E-state index in [2.05, 4.69) is 0 Å². The third-order valence-corrected chi connectivity index (χ3v) is 3.01. The molecule has 6 N–H and O–H groups in total. The van der Waals surface area contributed by atoms with Crippen LogP contribution in [0.4, 0.5) is 0 Å². The van der Waals surface area contributed by atoms with Crippen LogP contribution < -0.4 is 0 Å². The highest BCUT2D eigenvalue weighted by molar-refractivity contribution is 5.67. The van der Waals surface area contributed by atoms with Crippen molar-refractivity contribution in [3.05, 3.63) is 0 Å². The Hall–Kier alpha value is -1.71. The molecule has 9 nitrogen and oxygen atoms in total. The second-order valence-electron chi connectivity index (χ2n) is 5.91. The maximum absolute atomic E-state index is 9.76. The Kier molecular flexibility index (Phi) is 36.3. The van der Waals surface area contributed by atoms with Gasteiger partial charge in [0.2, 0.25) is 0 Å². The van der Waals surface area contributed by atoms with Crippen LogP contribution in [0.3, 0.4) is 0 Å². The maximum Gasteiger partial charge on any atom is 0.303 e. The molecule has 0 spiro atoms. The highest BCUT2D eigenvalue weighted by Gasteiger charge is 2.00. The fourth-order valence-electron chi connectivity index (χ4n) is 1.16. The molecule has 0 saturated heterocycles. The van der Waals surface area contributed by atoms with E-state index in [1.807, 2.05) is 20.8 Å². The molecule has 0 saturated carbocycles. The quantitative estimate of drug-likeness (QED) is 0.281. The molecular weight excluding hydrogens is 372 g/mol. The van der Waals surface area contributed by atoms with Gasteiger partial charge in [0, 0.05) is 25.2 Å². The summed E-state index contributed by atoms with van der Waals surface area (Å²) < 4.78 is 0. The van der Waals surface area contributed by atoms with Gasteiger partial charge in [-0.15, -0.1) is 0 Å². The summed E-state index contributed by atoms with van der Waals surface area (Å²) in [6.07, 6.45) is 6.24. The van der Waals surface area contributed by atoms with Gasteiger partial charge in [-0.2, -0.15) is 0 Å². The van der Waals surface area contributed by atoms with Crippen LogP contribution in [-0.2, 0) is 14.4 Å². The molecule has 0 aromatic rings. The van der Waals surface area contributed by atoms with Crippen LogP contribution in [0.5, 0.6) is 0 Å². The normalized spacial score (nSPS) is 9.11. The first-order valence-electron chi connectivity index (χ1n) is 9.64. The minimum atomic E-state index is -0.693. The van der Waals surface area contributed by atoms with Crippen LogP contribution in [0.2, 0.25) is 0 Å². The van der Waals surface area contributed by atoms with Crippen molar-refractivity contribution in [3.63, 3.8) is 0 Å². The van der Waals surface area contributed by atoms with Crippen LogP contribution in [-0.4, -0.2) is 68.4 Å². The van der Waals surface area contributed by atoms with Crippen LogP contribution in [0.15, 0.2) is 0 Å². The van der Waals surface area contributed by atoms with E-state index in [0.717, 1.165) is 38.5 Å². The molecule has 0 aliphatic carbocycles. The summed E-state index contributed by atoms with van der Waals surface area (Å²) in [5.41, 5.74) is 0. The molecule has 0 radical (unpaired) electrons. The van der Waals surface area contributed by atoms with Gasteiger partial charge in [-0.05, 0) is 19.3 Å². The van der Waals surface area contributed by atoms with Crippen molar-refractivity contribution < 1.29 is 45.0 Å². The summed E-state index contributed by atoms with van der Waals surface area (Å²) in [5.74, 6) is -2.43. The molecule has 9 heteroatoms. The second-order valence-corrected chi connectivity index (χ2v) is 5.91. The minimum Gasteiger partial charge on any atom is -0.481 e. The van der Waals surface area contributed by atoms with Crippen molar-refractivity contribution in [1.82, 2.24) is 0 Å². The molecule has 0 aromatic carbocycles. The second kappa shape index (κ2) is 30.0. The highest BCUT2D eigenvalue weighted by atomic mass is 16.4. The molecule has 0 rings (SSSR count). The summed E-state index contributed by atoms with van der Waals surface area (Å²) >= 11 is 0. The number of carbonyl (C=O) groups is 3. The Balaban J connectivity index is -0.000000137. The van der Waals surface area contributed by atoms with Crippen molar-refractivity contribution >= 4 is 17.9 Å². The van der Waals surface area contributed by atoms with Gasteiger partial charge < -0.3 is 30.6 Å². The van der Waals surface area contributed by atoms with Crippen molar-refractivity contribution in [3.8, 4) is 0 Å². The summed E-state index contributed by atoms with van der Waals surface area (Å²) in [5, 5.41) is 48.8. The van der Waals surface area contributed by atoms with Gasteiger partial charge in [-0.25, -0.2) is 0 Å². The van der Waals surface area contributed by atoms with Crippen molar-refractivity contribution in [1.29, 1.82) is 0 Å². The summed E-state index contributed by atoms with van der Waals surface area (Å²) in [7, 11) is 0. The fraction of sp³-hybridized carbons (Fsp3) is 0.842. The van der Waals surface area contributed by atoms with Crippen LogP contribution in [0.25, 0.3) is 0 Å². The van der Waals surface area contributed by atoms with Crippen LogP contribution in [0, 0.1) is 5.92 Å². The number of carboxylic acid groups (broad SMARTS) is 3. The van der Waals surface area contributed by atoms with Gasteiger partial charge >= 0.3 is 17.9 Å². The fourth-order valence-corrected chi connectivity index (χ4v) is 1.16. The number of aliphatic hydroxyl groups is 3. The summed E-state index contributed by atoms with van der Waals surface area (Å²) in [6.45, 7) is 5.49. The number of hydrogen-bond donors (Lipinski definition) is 6. The van der Waals surface area contributed by atoms with Gasteiger partial charge in [0.1, 0.15) is 0 Å². The van der Waals surface area contributed by atoms with E-state index in [1.165, 1.54) is 0 Å². The average molecular weight is 413 g/mol. The molecule has 0 fully saturated rings. The zero-order chi connectivity index (χ0) is 22.8. The lowest BCUT2D eigenvalue weighted by Crippen LogP contribution is -2.14. The summed E-state index contributed by atoms with van der Waals surface area (Å²) in [4.78, 5) is 29.3. The lowest BCUT2D eigenvalue weighted by atomic mass is 10.2. The molecule has 0 heterocycles. The van der Waals surface area contributed by atoms with E-state index in [9.17, 15) is 14.4 Å². The van der Waals surface area contributed by atoms with Crippen LogP contribution >= 0.6 is 0 Å². The van der Waals surface area contributed by atoms with Crippen LogP contribution in [0.1, 0.15) is 78.6 Å². The Morgan fingerprint density at radius 1 is 0.571 bits per heavy atom. The van der Waals surface area contributed by atoms with Crippen molar-refractivity contribution in [2.45, 2.75) is 78.6 Å². The number of unbranched alkanes of at least 4 members (excludes halogenated alkanes) is 3. The molecule has 0 amide bonds. The zero-order valence-electron chi connectivity index (χ0n) is 17.5. The number of aliphatic hydroxyl groups excluding tert-OH is 3. The number of carboxylic acids is 3. The standard InChI is InChI=1S/3C5H10O2.C4H10O3/c3*1-2-3-4-5(6)7;5-1-4(2-6)3-7/h3*2-4H2,1H3,(H,6,7);4-7H,1-3H2. The molecule has 0 bridgehead atoms. The first-order valence-corrected chi connectivity index (χ1v) is 9.64. The molecule has 28 heavy (non-hydrogen) atoms. The topological polar surface area (TPSA) is 173 Å². The van der Waals surface area contributed by atoms with E-state index in [4.69, 9.17) is 30.6 Å². The minimum absolute atomic E-state index is 0.146. The third kappa shape index (κ3) is 49.7. The van der Waals surface area contributed by atoms with E-state index >= 15 is 0 Å². The lowest BCUT2D eigenvalue weighted by molar-refractivity contribution is -0.138. The Morgan fingerprint density at radius 2 is 0.786 bits per heavy atom. The van der Waals surface area contributed by atoms with Gasteiger partial charge in [0.15, 0.2) is 0 Å². The summed E-state index contributed by atoms with van der Waals surface area (Å²) in [6, 6.07) is 0. The molecule has 170 valence electrons. The Bertz CT molecular complexity index is 294. The van der Waals surface area contributed by atoms with E-state index in [0.29, 0.717) is 19.3 Å². The van der Waals surface area contributed by atoms with Crippen molar-refractivity contribution in [2.24, 2.45) is 5.92 Å². The van der Waals surface area contributed by atoms with Crippen molar-refractivity contribution in [2.75, 3.05) is 19.8 Å². The molecule has 0 atom stereocenters. The molecule has 0 unspecified atom stereocenters. The van der Waals surface area contributed by atoms with E-state index < -0.39 is 17.9 Å². The first kappa shape index (κ1) is 33.8. The monoisotopic (exact) mass is 412 g/mol. The zero-order valence-corrected chi connectivity index (χ0v) is 17.5. The predicted molar refractivity (Wildman–Crippen MR) is 106 cm³/mol. The Labute approximate surface area is 168 Å². The maximum atomic E-state index is 9.76. The third-order valence-electron chi connectivity index (χ3n) is 3.01. The predicted octanol–water partition coefficient (Wildman–Crippen LogP) is 2.36. The SMILES string of the molecule is CCCCC(=O)O.CCCCC(=O)O.CCCCC(=O)O.OCC(CO)CO. The van der Waals surface area contributed by atoms with Gasteiger partial charge in [0.25, 0.3) is 0 Å². The van der Waals surface area contributed by atoms with E-state index in [-0.39, 0.29) is 25.7 Å². The first-order chi connectivity index (χ1) is 13.2. The Morgan fingerprint density at radius 3 is 0.821 bits per heavy atom.